The fraction of sp³-hybridized carbons (Fsp3) is 0.400. The fourth-order valence-electron chi connectivity index (χ4n) is 1.77. The molecule has 1 aliphatic rings. The van der Waals surface area contributed by atoms with E-state index in [9.17, 15) is 21.6 Å². The Morgan fingerprint density at radius 3 is 2.65 bits per heavy atom. The molecule has 0 aromatic carbocycles. The SMILES string of the molecule is CS(=O)(=O)Cc1ncccc1C1(C(F)(F)F)N=CNO1. The first kappa shape index (κ1) is 14.7. The van der Waals surface area contributed by atoms with E-state index in [1.54, 1.807) is 0 Å². The molecule has 6 nitrogen and oxygen atoms in total. The number of hydrogen-bond donors (Lipinski definition) is 1. The Kier molecular flexibility index (Phi) is 3.46. The van der Waals surface area contributed by atoms with Gasteiger partial charge in [-0.1, -0.05) is 6.07 Å². The maximum Gasteiger partial charge on any atom is 0.445 e. The van der Waals surface area contributed by atoms with Gasteiger partial charge in [0.2, 0.25) is 0 Å². The third-order valence-electron chi connectivity index (χ3n) is 2.54. The van der Waals surface area contributed by atoms with Crippen LogP contribution < -0.4 is 5.48 Å². The molecule has 0 bridgehead atoms. The summed E-state index contributed by atoms with van der Waals surface area (Å²) in [6.45, 7) is 0. The van der Waals surface area contributed by atoms with Crippen molar-refractivity contribution in [1.29, 1.82) is 0 Å². The summed E-state index contributed by atoms with van der Waals surface area (Å²) in [7, 11) is -3.56. The van der Waals surface area contributed by atoms with Gasteiger partial charge in [-0.15, -0.1) is 0 Å². The van der Waals surface area contributed by atoms with Crippen molar-refractivity contribution in [3.8, 4) is 0 Å². The molecule has 1 N–H and O–H groups in total. The molecule has 1 atom stereocenters. The van der Waals surface area contributed by atoms with E-state index in [1.807, 2.05) is 5.48 Å². The first-order valence-electron chi connectivity index (χ1n) is 5.32. The first-order valence-corrected chi connectivity index (χ1v) is 7.38. The molecular weight excluding hydrogens is 299 g/mol. The highest BCUT2D eigenvalue weighted by atomic mass is 32.2. The van der Waals surface area contributed by atoms with E-state index in [1.165, 1.54) is 12.3 Å². The number of nitrogens with zero attached hydrogens (tertiary/aromatic N) is 2. The summed E-state index contributed by atoms with van der Waals surface area (Å²) in [6.07, 6.45) is -2.00. The molecule has 1 aromatic heterocycles. The minimum absolute atomic E-state index is 0.256. The number of sulfone groups is 1. The molecular formula is C10H10F3N3O3S. The molecule has 0 amide bonds. The molecule has 110 valence electrons. The maximum atomic E-state index is 13.3. The number of alkyl halides is 3. The number of hydrogen-bond acceptors (Lipinski definition) is 6. The number of pyridine rings is 1. The van der Waals surface area contributed by atoms with E-state index in [2.05, 4.69) is 14.8 Å². The molecule has 2 rings (SSSR count). The van der Waals surface area contributed by atoms with Crippen LogP contribution in [-0.2, 0) is 26.2 Å². The van der Waals surface area contributed by atoms with Crippen LogP contribution in [0.15, 0.2) is 23.3 Å². The minimum Gasteiger partial charge on any atom is -0.260 e. The van der Waals surface area contributed by atoms with Gasteiger partial charge in [0, 0.05) is 18.0 Å². The lowest BCUT2D eigenvalue weighted by atomic mass is 10.0. The Morgan fingerprint density at radius 2 is 2.15 bits per heavy atom. The number of aromatic nitrogens is 1. The Morgan fingerprint density at radius 1 is 1.45 bits per heavy atom. The number of rotatable bonds is 3. The first-order chi connectivity index (χ1) is 9.16. The van der Waals surface area contributed by atoms with Crippen molar-refractivity contribution in [2.45, 2.75) is 17.7 Å². The summed E-state index contributed by atoms with van der Waals surface area (Å²) < 4.78 is 62.4. The minimum atomic E-state index is -4.87. The van der Waals surface area contributed by atoms with Gasteiger partial charge in [-0.3, -0.25) is 10.5 Å². The summed E-state index contributed by atoms with van der Waals surface area (Å²) in [5.41, 5.74) is -1.78. The second-order valence-electron chi connectivity index (χ2n) is 4.19. The maximum absolute atomic E-state index is 13.3. The van der Waals surface area contributed by atoms with Crippen LogP contribution in [0, 0.1) is 0 Å². The van der Waals surface area contributed by atoms with Gasteiger partial charge in [0.05, 0.1) is 11.4 Å². The highest BCUT2D eigenvalue weighted by molar-refractivity contribution is 7.89. The van der Waals surface area contributed by atoms with Crippen LogP contribution in [0.3, 0.4) is 0 Å². The van der Waals surface area contributed by atoms with Crippen molar-refractivity contribution in [2.75, 3.05) is 6.26 Å². The zero-order chi connectivity index (χ0) is 15.0. The monoisotopic (exact) mass is 309 g/mol. The third kappa shape index (κ3) is 2.61. The predicted octanol–water partition coefficient (Wildman–Crippen LogP) is 0.904. The topological polar surface area (TPSA) is 80.7 Å². The highest BCUT2D eigenvalue weighted by Gasteiger charge is 2.61. The Labute approximate surface area is 112 Å². The van der Waals surface area contributed by atoms with E-state index >= 15 is 0 Å². The van der Waals surface area contributed by atoms with E-state index in [4.69, 9.17) is 0 Å². The third-order valence-corrected chi connectivity index (χ3v) is 3.34. The predicted molar refractivity (Wildman–Crippen MR) is 63.2 cm³/mol. The summed E-state index contributed by atoms with van der Waals surface area (Å²) in [5.74, 6) is -0.639. The van der Waals surface area contributed by atoms with Gasteiger partial charge >= 0.3 is 11.9 Å². The molecule has 0 aliphatic carbocycles. The molecule has 0 spiro atoms. The van der Waals surface area contributed by atoms with Crippen molar-refractivity contribution in [2.24, 2.45) is 4.99 Å². The largest absolute Gasteiger partial charge is 0.445 e. The number of nitrogens with one attached hydrogen (secondary N) is 1. The zero-order valence-corrected chi connectivity index (χ0v) is 11.0. The summed E-state index contributed by atoms with van der Waals surface area (Å²) in [4.78, 5) is 11.5. The average Bonchev–Trinajstić information content (AvgIpc) is 2.77. The zero-order valence-electron chi connectivity index (χ0n) is 10.2. The van der Waals surface area contributed by atoms with Crippen LogP contribution in [-0.4, -0.2) is 32.2 Å². The molecule has 2 heterocycles. The number of halogens is 3. The Bertz CT molecular complexity index is 645. The molecule has 0 radical (unpaired) electrons. The van der Waals surface area contributed by atoms with E-state index in [-0.39, 0.29) is 5.69 Å². The van der Waals surface area contributed by atoms with Gasteiger partial charge in [0.25, 0.3) is 0 Å². The lowest BCUT2D eigenvalue weighted by Gasteiger charge is -2.28. The number of aliphatic imine (C=N–C) groups is 1. The second kappa shape index (κ2) is 4.70. The van der Waals surface area contributed by atoms with Gasteiger partial charge in [0.1, 0.15) is 6.34 Å². The van der Waals surface area contributed by atoms with Gasteiger partial charge < -0.3 is 0 Å². The second-order valence-corrected chi connectivity index (χ2v) is 6.33. The highest BCUT2D eigenvalue weighted by Crippen LogP contribution is 2.45. The van der Waals surface area contributed by atoms with Gasteiger partial charge in [-0.05, 0) is 6.07 Å². The van der Waals surface area contributed by atoms with Crippen LogP contribution >= 0.6 is 0 Å². The lowest BCUT2D eigenvalue weighted by Crippen LogP contribution is -2.43. The van der Waals surface area contributed by atoms with Gasteiger partial charge in [-0.25, -0.2) is 18.2 Å². The summed E-state index contributed by atoms with van der Waals surface area (Å²) in [6, 6.07) is 2.34. The van der Waals surface area contributed by atoms with E-state index in [0.29, 0.717) is 0 Å². The number of hydroxylamine groups is 1. The van der Waals surface area contributed by atoms with Crippen molar-refractivity contribution < 1.29 is 26.4 Å². The summed E-state index contributed by atoms with van der Waals surface area (Å²) in [5, 5.41) is 0. The molecule has 1 unspecified atom stereocenters. The standard InChI is InChI=1S/C10H10F3N3O3S/c1-20(17,18)5-8-7(3-2-4-14-8)9(10(11,12)13)15-6-16-19-9/h2-4,6H,5H2,1H3,(H,15,16). The molecule has 0 saturated carbocycles. The fourth-order valence-corrected chi connectivity index (χ4v) is 2.50. The molecule has 20 heavy (non-hydrogen) atoms. The van der Waals surface area contributed by atoms with Crippen LogP contribution in [0.1, 0.15) is 11.3 Å². The van der Waals surface area contributed by atoms with Crippen molar-refractivity contribution in [3.63, 3.8) is 0 Å². The van der Waals surface area contributed by atoms with Gasteiger partial charge in [0.15, 0.2) is 9.84 Å². The van der Waals surface area contributed by atoms with Crippen molar-refractivity contribution >= 4 is 16.2 Å². The van der Waals surface area contributed by atoms with E-state index in [0.717, 1.165) is 18.7 Å². The summed E-state index contributed by atoms with van der Waals surface area (Å²) >= 11 is 0. The van der Waals surface area contributed by atoms with E-state index < -0.39 is 33.1 Å². The molecule has 0 saturated heterocycles. The van der Waals surface area contributed by atoms with Crippen molar-refractivity contribution in [1.82, 2.24) is 10.5 Å². The Balaban J connectivity index is 2.59. The molecule has 10 heteroatoms. The normalized spacial score (nSPS) is 22.8. The van der Waals surface area contributed by atoms with Crippen LogP contribution in [0.4, 0.5) is 13.2 Å². The van der Waals surface area contributed by atoms with Crippen LogP contribution in [0.5, 0.6) is 0 Å². The van der Waals surface area contributed by atoms with Crippen LogP contribution in [0.25, 0.3) is 0 Å². The molecule has 1 aromatic rings. The van der Waals surface area contributed by atoms with Crippen molar-refractivity contribution in [3.05, 3.63) is 29.6 Å². The lowest BCUT2D eigenvalue weighted by molar-refractivity contribution is -0.285. The molecule has 1 aliphatic heterocycles. The smallest absolute Gasteiger partial charge is 0.260 e. The Hall–Kier alpha value is -1.68. The quantitative estimate of drug-likeness (QED) is 0.897. The molecule has 0 fully saturated rings. The average molecular weight is 309 g/mol. The van der Waals surface area contributed by atoms with Gasteiger partial charge in [-0.2, -0.15) is 13.2 Å². The van der Waals surface area contributed by atoms with Crippen LogP contribution in [0.2, 0.25) is 0 Å².